The van der Waals surface area contributed by atoms with Crippen LogP contribution in [0.3, 0.4) is 0 Å². The summed E-state index contributed by atoms with van der Waals surface area (Å²) in [6.07, 6.45) is 10.1. The molecule has 0 radical (unpaired) electrons. The first kappa shape index (κ1) is 10.0. The third-order valence-corrected chi connectivity index (χ3v) is 2.12. The predicted molar refractivity (Wildman–Crippen MR) is 59.6 cm³/mol. The van der Waals surface area contributed by atoms with Gasteiger partial charge in [-0.2, -0.15) is 0 Å². The molecule has 0 bridgehead atoms. The minimum absolute atomic E-state index is 1.10. The van der Waals surface area contributed by atoms with Gasteiger partial charge in [0.2, 0.25) is 0 Å². The zero-order valence-corrected chi connectivity index (χ0v) is 9.02. The Morgan fingerprint density at radius 1 is 1.23 bits per heavy atom. The van der Waals surface area contributed by atoms with Gasteiger partial charge in [-0.15, -0.1) is 0 Å². The van der Waals surface area contributed by atoms with Crippen LogP contribution in [0.4, 0.5) is 0 Å². The summed E-state index contributed by atoms with van der Waals surface area (Å²) in [5, 5.41) is 0. The quantitative estimate of drug-likeness (QED) is 0.551. The van der Waals surface area contributed by atoms with Crippen molar-refractivity contribution in [2.24, 2.45) is 0 Å². The number of hydrogen-bond donors (Lipinski definition) is 0. The first-order valence-corrected chi connectivity index (χ1v) is 4.80. The van der Waals surface area contributed by atoms with Crippen LogP contribution >= 0.6 is 0 Å². The van der Waals surface area contributed by atoms with Crippen molar-refractivity contribution in [1.82, 2.24) is 0 Å². The Hall–Kier alpha value is -1.04. The summed E-state index contributed by atoms with van der Waals surface area (Å²) < 4.78 is 0. The Kier molecular flexibility index (Phi) is 3.30. The van der Waals surface area contributed by atoms with Crippen molar-refractivity contribution < 1.29 is 0 Å². The van der Waals surface area contributed by atoms with Gasteiger partial charge in [-0.05, 0) is 45.3 Å². The summed E-state index contributed by atoms with van der Waals surface area (Å²) >= 11 is 0. The summed E-state index contributed by atoms with van der Waals surface area (Å²) in [6.45, 7) is 8.58. The predicted octanol–water partition coefficient (Wildman–Crippen LogP) is 4.18. The highest BCUT2D eigenvalue weighted by molar-refractivity contribution is 5.46. The van der Waals surface area contributed by atoms with Crippen molar-refractivity contribution in [3.63, 3.8) is 0 Å². The van der Waals surface area contributed by atoms with Gasteiger partial charge < -0.3 is 0 Å². The number of rotatable bonds is 2. The van der Waals surface area contributed by atoms with Crippen LogP contribution in [-0.2, 0) is 0 Å². The molecule has 0 nitrogen and oxygen atoms in total. The van der Waals surface area contributed by atoms with Crippen LogP contribution in [0, 0.1) is 0 Å². The van der Waals surface area contributed by atoms with E-state index in [-0.39, 0.29) is 0 Å². The average molecular weight is 174 g/mol. The van der Waals surface area contributed by atoms with E-state index in [1.807, 2.05) is 0 Å². The van der Waals surface area contributed by atoms with E-state index in [9.17, 15) is 0 Å². The number of hydrogen-bond acceptors (Lipinski definition) is 0. The maximum absolute atomic E-state index is 2.28. The zero-order chi connectivity index (χ0) is 9.84. The molecular formula is C13H18. The van der Waals surface area contributed by atoms with Gasteiger partial charge in [-0.1, -0.05) is 35.5 Å². The van der Waals surface area contributed by atoms with Gasteiger partial charge in [0, 0.05) is 0 Å². The molecule has 0 saturated carbocycles. The SMILES string of the molecule is CC(C)=CC(C)=CC1=CCC=C1C. The maximum atomic E-state index is 2.28. The molecule has 0 unspecified atom stereocenters. The first-order valence-electron chi connectivity index (χ1n) is 4.80. The van der Waals surface area contributed by atoms with Crippen LogP contribution in [0.1, 0.15) is 34.1 Å². The minimum atomic E-state index is 1.10. The lowest BCUT2D eigenvalue weighted by molar-refractivity contribution is 1.34. The fourth-order valence-corrected chi connectivity index (χ4v) is 1.56. The molecule has 0 N–H and O–H groups in total. The van der Waals surface area contributed by atoms with Gasteiger partial charge in [0.05, 0.1) is 0 Å². The van der Waals surface area contributed by atoms with Gasteiger partial charge in [0.1, 0.15) is 0 Å². The van der Waals surface area contributed by atoms with E-state index in [0.717, 1.165) is 6.42 Å². The molecule has 0 aromatic rings. The van der Waals surface area contributed by atoms with Crippen molar-refractivity contribution in [3.05, 3.63) is 46.6 Å². The standard InChI is InChI=1S/C13H18/c1-10(2)8-11(3)9-13-7-5-6-12(13)4/h6-9H,5H2,1-4H3. The molecule has 13 heavy (non-hydrogen) atoms. The van der Waals surface area contributed by atoms with Crippen LogP contribution < -0.4 is 0 Å². The summed E-state index contributed by atoms with van der Waals surface area (Å²) in [5.74, 6) is 0. The van der Waals surface area contributed by atoms with Crippen molar-refractivity contribution >= 4 is 0 Å². The van der Waals surface area contributed by atoms with E-state index in [4.69, 9.17) is 0 Å². The number of allylic oxidation sites excluding steroid dienone is 8. The maximum Gasteiger partial charge on any atom is -0.0154 e. The second-order valence-electron chi connectivity index (χ2n) is 3.89. The molecule has 0 fully saturated rings. The Balaban J connectivity index is 2.77. The van der Waals surface area contributed by atoms with Gasteiger partial charge in [-0.3, -0.25) is 0 Å². The molecule has 0 spiro atoms. The lowest BCUT2D eigenvalue weighted by Crippen LogP contribution is -1.78. The molecule has 0 atom stereocenters. The summed E-state index contributed by atoms with van der Waals surface area (Å²) in [4.78, 5) is 0. The molecule has 0 aromatic carbocycles. The Bertz CT molecular complexity index is 305. The van der Waals surface area contributed by atoms with E-state index < -0.39 is 0 Å². The van der Waals surface area contributed by atoms with E-state index in [0.29, 0.717) is 0 Å². The minimum Gasteiger partial charge on any atom is -0.0772 e. The Morgan fingerprint density at radius 2 is 1.92 bits per heavy atom. The summed E-state index contributed by atoms with van der Waals surface area (Å²) in [6, 6.07) is 0. The second kappa shape index (κ2) is 4.27. The first-order chi connectivity index (χ1) is 6.09. The summed E-state index contributed by atoms with van der Waals surface area (Å²) in [5.41, 5.74) is 5.48. The fourth-order valence-electron chi connectivity index (χ4n) is 1.56. The van der Waals surface area contributed by atoms with Crippen LogP contribution in [0.25, 0.3) is 0 Å². The van der Waals surface area contributed by atoms with Crippen LogP contribution in [-0.4, -0.2) is 0 Å². The molecule has 0 heterocycles. The zero-order valence-electron chi connectivity index (χ0n) is 9.02. The van der Waals surface area contributed by atoms with Crippen molar-refractivity contribution in [2.45, 2.75) is 34.1 Å². The molecule has 0 amide bonds. The third-order valence-electron chi connectivity index (χ3n) is 2.12. The van der Waals surface area contributed by atoms with Gasteiger partial charge in [0.25, 0.3) is 0 Å². The van der Waals surface area contributed by atoms with Crippen molar-refractivity contribution in [3.8, 4) is 0 Å². The van der Waals surface area contributed by atoms with E-state index in [1.165, 1.54) is 22.3 Å². The highest BCUT2D eigenvalue weighted by Gasteiger charge is 2.01. The summed E-state index contributed by atoms with van der Waals surface area (Å²) in [7, 11) is 0. The average Bonchev–Trinajstić information content (AvgIpc) is 2.34. The molecule has 1 aliphatic rings. The molecule has 1 rings (SSSR count). The van der Waals surface area contributed by atoms with Crippen LogP contribution in [0.15, 0.2) is 46.6 Å². The Morgan fingerprint density at radius 3 is 2.38 bits per heavy atom. The van der Waals surface area contributed by atoms with E-state index >= 15 is 0 Å². The lowest BCUT2D eigenvalue weighted by atomic mass is 10.1. The normalized spacial score (nSPS) is 16.8. The monoisotopic (exact) mass is 174 g/mol. The molecule has 0 aromatic heterocycles. The third kappa shape index (κ3) is 3.06. The smallest absolute Gasteiger partial charge is 0.0154 e. The Labute approximate surface area is 81.4 Å². The van der Waals surface area contributed by atoms with Crippen molar-refractivity contribution in [2.75, 3.05) is 0 Å². The largest absolute Gasteiger partial charge is 0.0772 e. The fraction of sp³-hybridized carbons (Fsp3) is 0.385. The molecule has 70 valence electrons. The topological polar surface area (TPSA) is 0 Å². The van der Waals surface area contributed by atoms with E-state index in [1.54, 1.807) is 0 Å². The van der Waals surface area contributed by atoms with Gasteiger partial charge in [-0.25, -0.2) is 0 Å². The molecule has 0 saturated heterocycles. The van der Waals surface area contributed by atoms with Crippen LogP contribution in [0.2, 0.25) is 0 Å². The van der Waals surface area contributed by atoms with Gasteiger partial charge in [0.15, 0.2) is 0 Å². The van der Waals surface area contributed by atoms with Gasteiger partial charge >= 0.3 is 0 Å². The highest BCUT2D eigenvalue weighted by atomic mass is 14.1. The highest BCUT2D eigenvalue weighted by Crippen LogP contribution is 2.21. The lowest BCUT2D eigenvalue weighted by Gasteiger charge is -1.98. The molecular weight excluding hydrogens is 156 g/mol. The molecule has 1 aliphatic carbocycles. The second-order valence-corrected chi connectivity index (χ2v) is 3.89. The molecule has 0 aliphatic heterocycles. The van der Waals surface area contributed by atoms with Crippen LogP contribution in [0.5, 0.6) is 0 Å². The van der Waals surface area contributed by atoms with Crippen molar-refractivity contribution in [1.29, 1.82) is 0 Å². The molecule has 0 heteroatoms. The van der Waals surface area contributed by atoms with E-state index in [2.05, 4.69) is 52.0 Å².